The van der Waals surface area contributed by atoms with Crippen LogP contribution < -0.4 is 16.0 Å². The lowest BCUT2D eigenvalue weighted by atomic mass is 9.89. The Bertz CT molecular complexity index is 2400. The maximum atomic E-state index is 12.8. The molecule has 57 heavy (non-hydrogen) atoms. The van der Waals surface area contributed by atoms with Gasteiger partial charge in [-0.2, -0.15) is 5.10 Å². The number of carbonyl (C=O) groups is 3. The van der Waals surface area contributed by atoms with Crippen molar-refractivity contribution in [3.63, 3.8) is 0 Å². The Morgan fingerprint density at radius 2 is 1.65 bits per heavy atom. The van der Waals surface area contributed by atoms with Gasteiger partial charge in [-0.1, -0.05) is 62.4 Å². The summed E-state index contributed by atoms with van der Waals surface area (Å²) in [5, 5.41) is 13.2. The number of anilines is 1. The van der Waals surface area contributed by atoms with Gasteiger partial charge in [-0.3, -0.25) is 29.6 Å². The molecule has 0 spiro atoms. The molecule has 3 N–H and O–H groups in total. The minimum absolute atomic E-state index is 0.142. The zero-order valence-corrected chi connectivity index (χ0v) is 32.7. The molecule has 2 saturated heterocycles. The molecule has 0 saturated carbocycles. The van der Waals surface area contributed by atoms with Gasteiger partial charge in [0.2, 0.25) is 11.8 Å². The molecule has 0 aliphatic carbocycles. The van der Waals surface area contributed by atoms with E-state index in [1.54, 1.807) is 12.5 Å². The molecular weight excluding hydrogens is 713 g/mol. The number of nitrogens with zero attached hydrogens (tertiary/aromatic N) is 5. The largest absolute Gasteiger partial charge is 0.374 e. The first kappa shape index (κ1) is 37.7. The van der Waals surface area contributed by atoms with Crippen molar-refractivity contribution in [3.05, 3.63) is 137 Å². The lowest BCUT2D eigenvalue weighted by molar-refractivity contribution is -0.133. The fourth-order valence-electron chi connectivity index (χ4n) is 7.88. The number of pyridine rings is 1. The van der Waals surface area contributed by atoms with Crippen molar-refractivity contribution in [1.29, 1.82) is 0 Å². The molecule has 1 atom stereocenters. The van der Waals surface area contributed by atoms with E-state index >= 15 is 0 Å². The van der Waals surface area contributed by atoms with Crippen LogP contribution in [0.2, 0.25) is 0 Å². The van der Waals surface area contributed by atoms with E-state index in [9.17, 15) is 14.4 Å². The van der Waals surface area contributed by atoms with Gasteiger partial charge in [-0.25, -0.2) is 9.50 Å². The highest BCUT2D eigenvalue weighted by molar-refractivity contribution is 6.01. The van der Waals surface area contributed by atoms with Crippen molar-refractivity contribution in [2.24, 2.45) is 0 Å². The Morgan fingerprint density at radius 1 is 0.877 bits per heavy atom. The fraction of sp³-hybridized carbons (Fsp3) is 0.304. The number of hydrogen-bond acceptors (Lipinski definition) is 8. The first-order valence-electron chi connectivity index (χ1n) is 19.9. The van der Waals surface area contributed by atoms with E-state index in [1.165, 1.54) is 11.1 Å². The Labute approximate surface area is 332 Å². The van der Waals surface area contributed by atoms with Gasteiger partial charge in [0.1, 0.15) is 12.4 Å². The summed E-state index contributed by atoms with van der Waals surface area (Å²) in [6, 6.07) is 29.0. The minimum atomic E-state index is -0.373. The molecule has 3 aromatic carbocycles. The van der Waals surface area contributed by atoms with Gasteiger partial charge in [-0.05, 0) is 115 Å². The molecule has 290 valence electrons. The van der Waals surface area contributed by atoms with Gasteiger partial charge in [-0.15, -0.1) is 0 Å². The molecule has 2 aliphatic rings. The summed E-state index contributed by atoms with van der Waals surface area (Å²) in [4.78, 5) is 48.0. The Kier molecular flexibility index (Phi) is 10.9. The van der Waals surface area contributed by atoms with E-state index < -0.39 is 0 Å². The summed E-state index contributed by atoms with van der Waals surface area (Å²) in [6.07, 6.45) is 8.37. The molecule has 3 amide bonds. The van der Waals surface area contributed by atoms with E-state index in [2.05, 4.69) is 124 Å². The van der Waals surface area contributed by atoms with Crippen LogP contribution in [0.3, 0.4) is 0 Å². The maximum Gasteiger partial charge on any atom is 0.253 e. The molecule has 2 aliphatic heterocycles. The monoisotopic (exact) mass is 760 g/mol. The molecular formula is C46H48N8O3. The number of aromatic nitrogens is 4. The van der Waals surface area contributed by atoms with E-state index in [-0.39, 0.29) is 23.8 Å². The third-order valence-electron chi connectivity index (χ3n) is 11.3. The molecule has 1 unspecified atom stereocenters. The number of likely N-dealkylation sites (tertiary alicyclic amines) is 1. The maximum absolute atomic E-state index is 12.8. The van der Waals surface area contributed by atoms with Gasteiger partial charge in [0, 0.05) is 54.4 Å². The summed E-state index contributed by atoms with van der Waals surface area (Å²) >= 11 is 0. The SMILES string of the molecule is Cc1cc(-c2ncnn3cc(-c4ccc(CN5CCC(c6ccc(NC7CCC(=O)NC7=O)cc6)CC5)cc4)cc23)ccc1CNC(=O)c1ccc(C(C)C)nc1. The summed E-state index contributed by atoms with van der Waals surface area (Å²) in [5.41, 5.74) is 12.1. The molecule has 5 heterocycles. The van der Waals surface area contributed by atoms with Crippen LogP contribution in [0.1, 0.15) is 89.7 Å². The number of carbonyl (C=O) groups excluding carboxylic acids is 3. The topological polar surface area (TPSA) is 134 Å². The molecule has 2 fully saturated rings. The highest BCUT2D eigenvalue weighted by atomic mass is 16.2. The number of hydrogen-bond donors (Lipinski definition) is 3. The molecule has 3 aromatic heterocycles. The average molecular weight is 761 g/mol. The molecule has 0 radical (unpaired) electrons. The first-order valence-corrected chi connectivity index (χ1v) is 19.9. The molecule has 11 heteroatoms. The van der Waals surface area contributed by atoms with Gasteiger partial charge < -0.3 is 10.6 Å². The summed E-state index contributed by atoms with van der Waals surface area (Å²) in [6.45, 7) is 9.63. The number of aryl methyl sites for hydroxylation is 1. The van der Waals surface area contributed by atoms with Crippen LogP contribution in [0.4, 0.5) is 5.69 Å². The number of imide groups is 1. The van der Waals surface area contributed by atoms with Crippen LogP contribution in [-0.2, 0) is 22.7 Å². The van der Waals surface area contributed by atoms with E-state index in [0.29, 0.717) is 36.8 Å². The standard InChI is InChI=1S/C46H48N8O3/c1-29(2)40-15-12-37(25-47-40)45(56)48-24-36-9-8-35(22-30(36)3)44-42-23-38(27-54(42)50-28-49-44)33-6-4-31(5-7-33)26-53-20-18-34(19-21-53)32-10-13-39(14-11-32)51-41-16-17-43(55)52-46(41)57/h4-15,22-23,25,27-29,34,41,51H,16-21,24,26H2,1-3H3,(H,48,56)(H,52,55,57). The number of amides is 3. The fourth-order valence-corrected chi connectivity index (χ4v) is 7.88. The van der Waals surface area contributed by atoms with Crippen LogP contribution in [0.25, 0.3) is 27.9 Å². The number of nitrogens with one attached hydrogen (secondary N) is 3. The lowest BCUT2D eigenvalue weighted by Gasteiger charge is -2.32. The third kappa shape index (κ3) is 8.63. The van der Waals surface area contributed by atoms with Gasteiger partial charge in [0.25, 0.3) is 5.91 Å². The van der Waals surface area contributed by atoms with Gasteiger partial charge in [0.15, 0.2) is 0 Å². The van der Waals surface area contributed by atoms with E-state index in [0.717, 1.165) is 82.9 Å². The summed E-state index contributed by atoms with van der Waals surface area (Å²) in [7, 11) is 0. The van der Waals surface area contributed by atoms with Crippen LogP contribution in [0.15, 0.2) is 104 Å². The third-order valence-corrected chi connectivity index (χ3v) is 11.3. The second-order valence-electron chi connectivity index (χ2n) is 15.6. The number of piperidine rings is 2. The molecule has 0 bridgehead atoms. The molecule has 11 nitrogen and oxygen atoms in total. The van der Waals surface area contributed by atoms with Crippen molar-refractivity contribution in [2.75, 3.05) is 18.4 Å². The zero-order valence-electron chi connectivity index (χ0n) is 32.7. The van der Waals surface area contributed by atoms with Crippen molar-refractivity contribution in [3.8, 4) is 22.4 Å². The number of benzene rings is 3. The normalized spacial score (nSPS) is 16.5. The van der Waals surface area contributed by atoms with E-state index in [1.807, 2.05) is 28.8 Å². The Morgan fingerprint density at radius 3 is 2.35 bits per heavy atom. The zero-order chi connectivity index (χ0) is 39.5. The minimum Gasteiger partial charge on any atom is -0.374 e. The quantitative estimate of drug-likeness (QED) is 0.116. The second kappa shape index (κ2) is 16.5. The van der Waals surface area contributed by atoms with Crippen LogP contribution in [-0.4, -0.2) is 61.3 Å². The van der Waals surface area contributed by atoms with Crippen molar-refractivity contribution < 1.29 is 14.4 Å². The predicted molar refractivity (Wildman–Crippen MR) is 222 cm³/mol. The summed E-state index contributed by atoms with van der Waals surface area (Å²) < 4.78 is 1.89. The highest BCUT2D eigenvalue weighted by Gasteiger charge is 2.27. The van der Waals surface area contributed by atoms with Gasteiger partial charge >= 0.3 is 0 Å². The van der Waals surface area contributed by atoms with Crippen LogP contribution in [0.5, 0.6) is 0 Å². The van der Waals surface area contributed by atoms with E-state index in [4.69, 9.17) is 0 Å². The van der Waals surface area contributed by atoms with Crippen LogP contribution >= 0.6 is 0 Å². The Hall–Kier alpha value is -6.20. The average Bonchev–Trinajstić information content (AvgIpc) is 3.67. The first-order chi connectivity index (χ1) is 27.7. The van der Waals surface area contributed by atoms with Gasteiger partial charge in [0.05, 0.1) is 16.8 Å². The molecule has 8 rings (SSSR count). The highest BCUT2D eigenvalue weighted by Crippen LogP contribution is 2.32. The smallest absolute Gasteiger partial charge is 0.253 e. The lowest BCUT2D eigenvalue weighted by Crippen LogP contribution is -2.47. The van der Waals surface area contributed by atoms with Crippen molar-refractivity contribution in [2.45, 2.75) is 77.4 Å². The Balaban J connectivity index is 0.856. The second-order valence-corrected chi connectivity index (χ2v) is 15.6. The number of fused-ring (bicyclic) bond motifs is 1. The summed E-state index contributed by atoms with van der Waals surface area (Å²) in [5.74, 6) is 0.228. The predicted octanol–water partition coefficient (Wildman–Crippen LogP) is 7.42. The van der Waals surface area contributed by atoms with Crippen molar-refractivity contribution >= 4 is 28.9 Å². The molecule has 6 aromatic rings. The number of rotatable bonds is 11. The van der Waals surface area contributed by atoms with Crippen LogP contribution in [0, 0.1) is 6.92 Å². The van der Waals surface area contributed by atoms with Crippen molar-refractivity contribution in [1.82, 2.24) is 35.1 Å².